The minimum atomic E-state index is -0.00307. The van der Waals surface area contributed by atoms with E-state index in [2.05, 4.69) is 5.32 Å². The predicted molar refractivity (Wildman–Crippen MR) is 118 cm³/mol. The van der Waals surface area contributed by atoms with E-state index in [0.717, 1.165) is 46.8 Å². The highest BCUT2D eigenvalue weighted by atomic mass is 16.5. The molecule has 1 fully saturated rings. The molecule has 0 atom stereocenters. The molecule has 3 rings (SSSR count). The van der Waals surface area contributed by atoms with Crippen molar-refractivity contribution in [1.29, 1.82) is 0 Å². The van der Waals surface area contributed by atoms with Gasteiger partial charge in [0.15, 0.2) is 13.2 Å². The molecule has 0 unspecified atom stereocenters. The number of rotatable bonds is 6. The number of carbonyl (C=O) groups excluding carboxylic acids is 2. The third kappa shape index (κ3) is 5.39. The Hall–Kier alpha value is -2.86. The van der Waals surface area contributed by atoms with Crippen LogP contribution in [0.5, 0.6) is 5.75 Å². The molecule has 0 spiro atoms. The van der Waals surface area contributed by atoms with E-state index < -0.39 is 0 Å². The number of aryl methyl sites for hydroxylation is 4. The van der Waals surface area contributed by atoms with Crippen molar-refractivity contribution in [2.24, 2.45) is 0 Å². The van der Waals surface area contributed by atoms with E-state index in [4.69, 9.17) is 4.74 Å². The second-order valence-corrected chi connectivity index (χ2v) is 8.13. The molecule has 0 aromatic heterocycles. The minimum absolute atomic E-state index is 0.00307. The summed E-state index contributed by atoms with van der Waals surface area (Å²) >= 11 is 0. The molecular weight excluding hydrogens is 378 g/mol. The zero-order chi connectivity index (χ0) is 21.7. The lowest BCUT2D eigenvalue weighted by atomic mass is 10.1. The lowest BCUT2D eigenvalue weighted by Gasteiger charge is -2.32. The van der Waals surface area contributed by atoms with Gasteiger partial charge in [0.1, 0.15) is 5.75 Å². The van der Waals surface area contributed by atoms with Crippen LogP contribution in [-0.4, -0.2) is 56.0 Å². The average Bonchev–Trinajstić information content (AvgIpc) is 2.71. The van der Waals surface area contributed by atoms with Gasteiger partial charge in [0.25, 0.3) is 11.8 Å². The average molecular weight is 411 g/mol. The second kappa shape index (κ2) is 9.76. The number of ether oxygens (including phenoxy) is 1. The van der Waals surface area contributed by atoms with Crippen molar-refractivity contribution in [3.8, 4) is 5.75 Å². The number of nitrogens with one attached hydrogen (secondary N) is 2. The van der Waals surface area contributed by atoms with Gasteiger partial charge in [-0.3, -0.25) is 9.59 Å². The van der Waals surface area contributed by atoms with Gasteiger partial charge in [0.05, 0.1) is 26.2 Å². The van der Waals surface area contributed by atoms with Crippen molar-refractivity contribution < 1.29 is 19.2 Å². The highest BCUT2D eigenvalue weighted by Crippen LogP contribution is 2.22. The minimum Gasteiger partial charge on any atom is -0.483 e. The van der Waals surface area contributed by atoms with Crippen LogP contribution >= 0.6 is 0 Å². The summed E-state index contributed by atoms with van der Waals surface area (Å²) in [6, 6.07) is 11.9. The van der Waals surface area contributed by atoms with Crippen LogP contribution in [0.4, 0.5) is 5.69 Å². The van der Waals surface area contributed by atoms with Gasteiger partial charge in [-0.25, -0.2) is 0 Å². The van der Waals surface area contributed by atoms with Gasteiger partial charge in [-0.15, -0.1) is 0 Å². The van der Waals surface area contributed by atoms with Crippen molar-refractivity contribution >= 4 is 17.5 Å². The van der Waals surface area contributed by atoms with Crippen molar-refractivity contribution in [1.82, 2.24) is 4.90 Å². The number of hydrogen-bond acceptors (Lipinski definition) is 3. The maximum Gasteiger partial charge on any atom is 0.279 e. The molecule has 2 aromatic rings. The monoisotopic (exact) mass is 410 g/mol. The number of carbonyl (C=O) groups is 2. The number of para-hydroxylation sites is 2. The van der Waals surface area contributed by atoms with Gasteiger partial charge in [-0.05, 0) is 49.9 Å². The standard InChI is InChI=1S/C24H31N3O3/c1-17-7-5-8-18(2)23(17)25-21(28)15-26-11-13-27(14-12-26)22(29)16-30-24-19(3)9-6-10-20(24)4/h5-10H,11-16H2,1-4H3,(H,25,28)/p+1. The number of hydrogen-bond donors (Lipinski definition) is 2. The van der Waals surface area contributed by atoms with E-state index in [1.807, 2.05) is 69.0 Å². The fourth-order valence-corrected chi connectivity index (χ4v) is 3.92. The first kappa shape index (κ1) is 21.8. The van der Waals surface area contributed by atoms with Crippen LogP contribution in [-0.2, 0) is 9.59 Å². The number of amides is 2. The highest BCUT2D eigenvalue weighted by molar-refractivity contribution is 5.93. The highest BCUT2D eigenvalue weighted by Gasteiger charge is 2.26. The van der Waals surface area contributed by atoms with Crippen LogP contribution in [0.2, 0.25) is 0 Å². The van der Waals surface area contributed by atoms with Crippen LogP contribution in [0.3, 0.4) is 0 Å². The Bertz CT molecular complexity index is 877. The van der Waals surface area contributed by atoms with E-state index in [-0.39, 0.29) is 18.4 Å². The number of benzene rings is 2. The molecule has 160 valence electrons. The SMILES string of the molecule is Cc1cccc(C)c1NC(=O)C[NH+]1CCN(C(=O)COc2c(C)cccc2C)CC1. The summed E-state index contributed by atoms with van der Waals surface area (Å²) in [5.41, 5.74) is 5.11. The fourth-order valence-electron chi connectivity index (χ4n) is 3.92. The Morgan fingerprint density at radius 1 is 0.933 bits per heavy atom. The number of anilines is 1. The summed E-state index contributed by atoms with van der Waals surface area (Å²) in [5, 5.41) is 3.05. The molecule has 0 bridgehead atoms. The zero-order valence-corrected chi connectivity index (χ0v) is 18.4. The molecule has 1 aliphatic rings. The molecule has 6 heteroatoms. The number of quaternary nitrogens is 1. The van der Waals surface area contributed by atoms with Crippen LogP contribution in [0.1, 0.15) is 22.3 Å². The smallest absolute Gasteiger partial charge is 0.279 e. The number of nitrogens with zero attached hydrogens (tertiary/aromatic N) is 1. The Kier molecular flexibility index (Phi) is 7.11. The van der Waals surface area contributed by atoms with E-state index in [9.17, 15) is 9.59 Å². The van der Waals surface area contributed by atoms with E-state index >= 15 is 0 Å². The molecular formula is C24H32N3O3+. The molecule has 1 aliphatic heterocycles. The second-order valence-electron chi connectivity index (χ2n) is 8.13. The first-order valence-electron chi connectivity index (χ1n) is 10.5. The Labute approximate surface area is 178 Å². The zero-order valence-electron chi connectivity index (χ0n) is 18.4. The molecule has 0 radical (unpaired) electrons. The molecule has 2 N–H and O–H groups in total. The van der Waals surface area contributed by atoms with Crippen LogP contribution in [0.15, 0.2) is 36.4 Å². The lowest BCUT2D eigenvalue weighted by Crippen LogP contribution is -3.15. The van der Waals surface area contributed by atoms with E-state index in [0.29, 0.717) is 19.6 Å². The van der Waals surface area contributed by atoms with E-state index in [1.165, 1.54) is 4.90 Å². The van der Waals surface area contributed by atoms with Gasteiger partial charge in [-0.1, -0.05) is 36.4 Å². The summed E-state index contributed by atoms with van der Waals surface area (Å²) < 4.78 is 5.80. The predicted octanol–water partition coefficient (Wildman–Crippen LogP) is 1.66. The summed E-state index contributed by atoms with van der Waals surface area (Å²) in [7, 11) is 0. The van der Waals surface area contributed by atoms with E-state index in [1.54, 1.807) is 0 Å². The van der Waals surface area contributed by atoms with Crippen LogP contribution in [0, 0.1) is 27.7 Å². The molecule has 6 nitrogen and oxygen atoms in total. The molecule has 2 aromatic carbocycles. The maximum atomic E-state index is 12.6. The Balaban J connectivity index is 1.45. The first-order chi connectivity index (χ1) is 14.3. The molecule has 0 aliphatic carbocycles. The van der Waals surface area contributed by atoms with Crippen molar-refractivity contribution in [2.45, 2.75) is 27.7 Å². The Morgan fingerprint density at radius 2 is 1.47 bits per heavy atom. The van der Waals surface area contributed by atoms with Crippen molar-refractivity contribution in [3.63, 3.8) is 0 Å². The maximum absolute atomic E-state index is 12.6. The molecule has 1 saturated heterocycles. The summed E-state index contributed by atoms with van der Waals surface area (Å²) in [4.78, 5) is 28.1. The van der Waals surface area contributed by atoms with Crippen molar-refractivity contribution in [3.05, 3.63) is 58.7 Å². The summed E-state index contributed by atoms with van der Waals surface area (Å²) in [5.74, 6) is 0.801. The van der Waals surface area contributed by atoms with Gasteiger partial charge >= 0.3 is 0 Å². The van der Waals surface area contributed by atoms with Crippen LogP contribution < -0.4 is 15.0 Å². The van der Waals surface area contributed by atoms with Gasteiger partial charge in [0.2, 0.25) is 0 Å². The largest absolute Gasteiger partial charge is 0.483 e. The van der Waals surface area contributed by atoms with Gasteiger partial charge in [-0.2, -0.15) is 0 Å². The lowest BCUT2D eigenvalue weighted by molar-refractivity contribution is -0.895. The summed E-state index contributed by atoms with van der Waals surface area (Å²) in [6.07, 6.45) is 0. The van der Waals surface area contributed by atoms with Gasteiger partial charge in [0, 0.05) is 5.69 Å². The normalized spacial score (nSPS) is 14.5. The first-order valence-corrected chi connectivity index (χ1v) is 10.5. The van der Waals surface area contributed by atoms with Crippen LogP contribution in [0.25, 0.3) is 0 Å². The molecule has 2 amide bonds. The van der Waals surface area contributed by atoms with Gasteiger partial charge < -0.3 is 19.9 Å². The third-order valence-corrected chi connectivity index (χ3v) is 5.73. The molecule has 1 heterocycles. The summed E-state index contributed by atoms with van der Waals surface area (Å²) in [6.45, 7) is 11.2. The quantitative estimate of drug-likeness (QED) is 0.762. The topological polar surface area (TPSA) is 63.1 Å². The molecule has 0 saturated carbocycles. The number of piperazine rings is 1. The molecule has 30 heavy (non-hydrogen) atoms. The fraction of sp³-hybridized carbons (Fsp3) is 0.417. The Morgan fingerprint density at radius 3 is 2.03 bits per heavy atom. The van der Waals surface area contributed by atoms with Crippen molar-refractivity contribution in [2.75, 3.05) is 44.6 Å². The third-order valence-electron chi connectivity index (χ3n) is 5.73.